The first-order valence-corrected chi connectivity index (χ1v) is 4.37. The molecule has 0 aliphatic heterocycles. The molecule has 3 nitrogen and oxygen atoms in total. The van der Waals surface area contributed by atoms with Gasteiger partial charge in [0, 0.05) is 0 Å². The second kappa shape index (κ2) is 3.29. The molecule has 0 atom stereocenters. The van der Waals surface area contributed by atoms with Gasteiger partial charge in [-0.15, -0.1) is 0 Å². The zero-order valence-electron chi connectivity index (χ0n) is 7.37. The summed E-state index contributed by atoms with van der Waals surface area (Å²) in [5.74, 6) is -1.92. The Kier molecular flexibility index (Phi) is 2.11. The van der Waals surface area contributed by atoms with Crippen LogP contribution >= 0.6 is 0 Å². The molecule has 0 radical (unpaired) electrons. The molecule has 14 heavy (non-hydrogen) atoms. The molecule has 4 heteroatoms. The maximum atomic E-state index is 13.2. The normalized spacial score (nSPS) is 15.2. The summed E-state index contributed by atoms with van der Waals surface area (Å²) in [6.07, 6.45) is 1.73. The highest BCUT2D eigenvalue weighted by Gasteiger charge is 2.27. The monoisotopic (exact) mass is 196 g/mol. The summed E-state index contributed by atoms with van der Waals surface area (Å²) < 4.78 is 18.4. The van der Waals surface area contributed by atoms with Crippen molar-refractivity contribution < 1.29 is 19.0 Å². The van der Waals surface area contributed by atoms with E-state index in [0.717, 1.165) is 12.8 Å². The maximum absolute atomic E-state index is 13.2. The van der Waals surface area contributed by atoms with Gasteiger partial charge in [-0.3, -0.25) is 0 Å². The third kappa shape index (κ3) is 1.69. The van der Waals surface area contributed by atoms with Crippen LogP contribution in [0.25, 0.3) is 0 Å². The van der Waals surface area contributed by atoms with Gasteiger partial charge in [-0.2, -0.15) is 0 Å². The molecule has 0 bridgehead atoms. The Balaban J connectivity index is 2.36. The van der Waals surface area contributed by atoms with Gasteiger partial charge in [0.05, 0.1) is 6.10 Å². The van der Waals surface area contributed by atoms with Crippen LogP contribution < -0.4 is 4.74 Å². The molecule has 0 heterocycles. The third-order valence-electron chi connectivity index (χ3n) is 2.01. The minimum Gasteiger partial charge on any atom is -0.486 e. The number of hydrogen-bond donors (Lipinski definition) is 1. The van der Waals surface area contributed by atoms with Crippen LogP contribution in [0.5, 0.6) is 5.75 Å². The van der Waals surface area contributed by atoms with Crippen LogP contribution in [0.3, 0.4) is 0 Å². The minimum atomic E-state index is -1.17. The number of carboxylic acids is 1. The average Bonchev–Trinajstić information content (AvgIpc) is 2.91. The summed E-state index contributed by atoms with van der Waals surface area (Å²) in [5, 5.41) is 8.78. The number of benzene rings is 1. The Bertz CT molecular complexity index is 372. The number of aromatic carboxylic acids is 1. The molecular formula is C10H9FO3. The fourth-order valence-electron chi connectivity index (χ4n) is 1.15. The second-order valence-electron chi connectivity index (χ2n) is 3.24. The highest BCUT2D eigenvalue weighted by molar-refractivity contribution is 5.90. The van der Waals surface area contributed by atoms with Crippen molar-refractivity contribution in [1.82, 2.24) is 0 Å². The first kappa shape index (κ1) is 8.99. The summed E-state index contributed by atoms with van der Waals surface area (Å²) in [6, 6.07) is 3.89. The van der Waals surface area contributed by atoms with E-state index < -0.39 is 11.8 Å². The van der Waals surface area contributed by atoms with Crippen LogP contribution in [-0.4, -0.2) is 17.2 Å². The van der Waals surface area contributed by atoms with Crippen LogP contribution in [0.2, 0.25) is 0 Å². The number of halogens is 1. The van der Waals surface area contributed by atoms with Crippen molar-refractivity contribution in [3.63, 3.8) is 0 Å². The average molecular weight is 196 g/mol. The van der Waals surface area contributed by atoms with E-state index >= 15 is 0 Å². The van der Waals surface area contributed by atoms with Crippen molar-refractivity contribution in [1.29, 1.82) is 0 Å². The summed E-state index contributed by atoms with van der Waals surface area (Å²) in [5.41, 5.74) is -0.114. The molecule has 0 aromatic heterocycles. The zero-order chi connectivity index (χ0) is 10.1. The molecule has 1 aromatic rings. The van der Waals surface area contributed by atoms with Gasteiger partial charge in [-0.25, -0.2) is 9.18 Å². The van der Waals surface area contributed by atoms with Crippen molar-refractivity contribution in [2.45, 2.75) is 18.9 Å². The van der Waals surface area contributed by atoms with Crippen LogP contribution in [0.4, 0.5) is 4.39 Å². The van der Waals surface area contributed by atoms with Gasteiger partial charge in [0.15, 0.2) is 11.6 Å². The highest BCUT2D eigenvalue weighted by atomic mass is 19.1. The van der Waals surface area contributed by atoms with E-state index in [1.165, 1.54) is 18.2 Å². The number of carbonyl (C=O) groups is 1. The van der Waals surface area contributed by atoms with Crippen LogP contribution in [-0.2, 0) is 0 Å². The van der Waals surface area contributed by atoms with E-state index in [0.29, 0.717) is 0 Å². The fraction of sp³-hybridized carbons (Fsp3) is 0.300. The molecule has 1 aliphatic rings. The lowest BCUT2D eigenvalue weighted by Crippen LogP contribution is -2.06. The standard InChI is InChI=1S/C10H9FO3/c11-8-3-1-2-7(10(12)13)9(8)14-6-4-5-6/h1-3,6H,4-5H2,(H,12,13). The molecule has 1 saturated carbocycles. The fourth-order valence-corrected chi connectivity index (χ4v) is 1.15. The van der Waals surface area contributed by atoms with Gasteiger partial charge in [0.1, 0.15) is 5.56 Å². The minimum absolute atomic E-state index is 0.00926. The lowest BCUT2D eigenvalue weighted by molar-refractivity contribution is 0.0690. The van der Waals surface area contributed by atoms with E-state index in [-0.39, 0.29) is 17.4 Å². The Hall–Kier alpha value is -1.58. The van der Waals surface area contributed by atoms with Crippen molar-refractivity contribution in [2.24, 2.45) is 0 Å². The van der Waals surface area contributed by atoms with E-state index in [4.69, 9.17) is 9.84 Å². The number of carboxylic acid groups (broad SMARTS) is 1. The van der Waals surface area contributed by atoms with Gasteiger partial charge < -0.3 is 9.84 Å². The topological polar surface area (TPSA) is 46.5 Å². The van der Waals surface area contributed by atoms with Crippen LogP contribution in [0.15, 0.2) is 18.2 Å². The molecule has 0 amide bonds. The highest BCUT2D eigenvalue weighted by Crippen LogP contribution is 2.31. The number of ether oxygens (including phenoxy) is 1. The summed E-state index contributed by atoms with van der Waals surface area (Å²) in [4.78, 5) is 10.7. The summed E-state index contributed by atoms with van der Waals surface area (Å²) in [6.45, 7) is 0. The second-order valence-corrected chi connectivity index (χ2v) is 3.24. The predicted molar refractivity (Wildman–Crippen MR) is 47.0 cm³/mol. The van der Waals surface area contributed by atoms with Crippen molar-refractivity contribution in [3.8, 4) is 5.75 Å². The third-order valence-corrected chi connectivity index (χ3v) is 2.01. The first-order valence-electron chi connectivity index (χ1n) is 4.37. The van der Waals surface area contributed by atoms with E-state index in [1.54, 1.807) is 0 Å². The lowest BCUT2D eigenvalue weighted by atomic mass is 10.2. The Morgan fingerprint density at radius 3 is 2.79 bits per heavy atom. The van der Waals surface area contributed by atoms with Crippen molar-refractivity contribution >= 4 is 5.97 Å². The largest absolute Gasteiger partial charge is 0.486 e. The number of para-hydroxylation sites is 1. The van der Waals surface area contributed by atoms with Gasteiger partial charge >= 0.3 is 5.97 Å². The lowest BCUT2D eigenvalue weighted by Gasteiger charge is -2.08. The van der Waals surface area contributed by atoms with Gasteiger partial charge in [-0.1, -0.05) is 6.07 Å². The first-order chi connectivity index (χ1) is 6.68. The van der Waals surface area contributed by atoms with Crippen molar-refractivity contribution in [2.75, 3.05) is 0 Å². The Labute approximate surface area is 80.1 Å². The Morgan fingerprint density at radius 2 is 2.21 bits per heavy atom. The summed E-state index contributed by atoms with van der Waals surface area (Å²) in [7, 11) is 0. The SMILES string of the molecule is O=C(O)c1cccc(F)c1OC1CC1. The predicted octanol–water partition coefficient (Wildman–Crippen LogP) is 2.07. The molecule has 0 unspecified atom stereocenters. The van der Waals surface area contributed by atoms with E-state index in [9.17, 15) is 9.18 Å². The van der Waals surface area contributed by atoms with Crippen molar-refractivity contribution in [3.05, 3.63) is 29.6 Å². The molecule has 1 aromatic carbocycles. The molecule has 1 fully saturated rings. The van der Waals surface area contributed by atoms with Gasteiger partial charge in [-0.05, 0) is 25.0 Å². The Morgan fingerprint density at radius 1 is 1.50 bits per heavy atom. The quantitative estimate of drug-likeness (QED) is 0.804. The summed E-state index contributed by atoms with van der Waals surface area (Å²) >= 11 is 0. The molecule has 1 N–H and O–H groups in total. The molecular weight excluding hydrogens is 187 g/mol. The van der Waals surface area contributed by atoms with E-state index in [1.807, 2.05) is 0 Å². The van der Waals surface area contributed by atoms with Gasteiger partial charge in [0.25, 0.3) is 0 Å². The molecule has 0 saturated heterocycles. The number of rotatable bonds is 3. The van der Waals surface area contributed by atoms with Crippen LogP contribution in [0, 0.1) is 5.82 Å². The zero-order valence-corrected chi connectivity index (χ0v) is 7.37. The molecule has 2 rings (SSSR count). The maximum Gasteiger partial charge on any atom is 0.339 e. The van der Waals surface area contributed by atoms with E-state index in [2.05, 4.69) is 0 Å². The number of hydrogen-bond acceptors (Lipinski definition) is 2. The smallest absolute Gasteiger partial charge is 0.339 e. The molecule has 0 spiro atoms. The van der Waals surface area contributed by atoms with Gasteiger partial charge in [0.2, 0.25) is 0 Å². The molecule has 1 aliphatic carbocycles. The molecule has 74 valence electrons. The van der Waals surface area contributed by atoms with Crippen LogP contribution in [0.1, 0.15) is 23.2 Å².